The number of aliphatic imine (C=N–C) groups is 1. The van der Waals surface area contributed by atoms with Crippen LogP contribution in [-0.4, -0.2) is 37.8 Å². The van der Waals surface area contributed by atoms with Crippen LogP contribution in [0.1, 0.15) is 43.2 Å². The second-order valence-electron chi connectivity index (χ2n) is 8.46. The molecule has 1 aromatic carbocycles. The molecule has 166 valence electrons. The number of carbonyl (C=O) groups is 1. The van der Waals surface area contributed by atoms with Gasteiger partial charge in [-0.1, -0.05) is 22.1 Å². The molecule has 2 aliphatic rings. The van der Waals surface area contributed by atoms with Crippen LogP contribution >= 0.6 is 22.1 Å². The van der Waals surface area contributed by atoms with Crippen LogP contribution in [-0.2, 0) is 5.54 Å². The van der Waals surface area contributed by atoms with E-state index in [1.807, 2.05) is 13.8 Å². The van der Waals surface area contributed by atoms with Crippen molar-refractivity contribution < 1.29 is 13.7 Å². The molecule has 31 heavy (non-hydrogen) atoms. The Hall–Kier alpha value is -2.20. The molecule has 3 atom stereocenters. The van der Waals surface area contributed by atoms with Gasteiger partial charge in [0.15, 0.2) is 0 Å². The SMILES string of the molecule is CC1(C)C(N)=N[C@](C)(c2cc(NC(=O)c3ccc(Cl)cn3)ccc2F)[C@@H]2CCNS21O. The minimum absolute atomic E-state index is 0.182. The fourth-order valence-electron chi connectivity index (χ4n) is 4.31. The number of anilines is 1. The van der Waals surface area contributed by atoms with Crippen LogP contribution < -0.4 is 15.8 Å². The molecule has 2 aromatic rings. The summed E-state index contributed by atoms with van der Waals surface area (Å²) in [6.07, 6.45) is 2.01. The summed E-state index contributed by atoms with van der Waals surface area (Å²) < 4.78 is 29.1. The summed E-state index contributed by atoms with van der Waals surface area (Å²) in [6, 6.07) is 7.38. The lowest BCUT2D eigenvalue weighted by molar-refractivity contribution is 0.102. The highest BCUT2D eigenvalue weighted by molar-refractivity contribution is 8.29. The first kappa shape index (κ1) is 22.0. The summed E-state index contributed by atoms with van der Waals surface area (Å²) in [4.78, 5) is 21.3. The number of nitrogens with zero attached hydrogens (tertiary/aromatic N) is 2. The van der Waals surface area contributed by atoms with Crippen LogP contribution in [0, 0.1) is 5.82 Å². The van der Waals surface area contributed by atoms with Crippen LogP contribution in [0.4, 0.5) is 10.1 Å². The van der Waals surface area contributed by atoms with Gasteiger partial charge in [-0.25, -0.2) is 9.37 Å². The average Bonchev–Trinajstić information content (AvgIpc) is 3.13. The Morgan fingerprint density at radius 1 is 1.35 bits per heavy atom. The zero-order valence-electron chi connectivity index (χ0n) is 17.4. The number of nitrogens with two attached hydrogens (primary N) is 1. The Balaban J connectivity index is 1.74. The van der Waals surface area contributed by atoms with Gasteiger partial charge in [-0.2, -0.15) is 0 Å². The number of rotatable bonds is 3. The van der Waals surface area contributed by atoms with E-state index < -0.39 is 32.5 Å². The summed E-state index contributed by atoms with van der Waals surface area (Å²) >= 11 is 5.82. The topological polar surface area (TPSA) is 113 Å². The highest BCUT2D eigenvalue weighted by Crippen LogP contribution is 2.67. The third-order valence-electron chi connectivity index (χ3n) is 6.24. The molecule has 0 saturated carbocycles. The van der Waals surface area contributed by atoms with Gasteiger partial charge >= 0.3 is 0 Å². The van der Waals surface area contributed by atoms with E-state index in [0.29, 0.717) is 23.7 Å². The number of hydrogen-bond donors (Lipinski definition) is 4. The predicted molar refractivity (Wildman–Crippen MR) is 123 cm³/mol. The number of halogens is 2. The van der Waals surface area contributed by atoms with Crippen LogP contribution in [0.25, 0.3) is 0 Å². The average molecular weight is 466 g/mol. The molecule has 0 radical (unpaired) electrons. The zero-order valence-corrected chi connectivity index (χ0v) is 19.0. The molecule has 1 aromatic heterocycles. The molecular formula is C21H25ClFN5O2S. The molecule has 7 nitrogen and oxygen atoms in total. The standard InChI is InChI=1S/C21H25ClFN5O2S/c1-20(2)19(24)28-21(3,17-8-9-26-31(17,20)30)14-10-13(5-6-15(14)23)27-18(29)16-7-4-12(22)11-25-16/h4-7,10-11,17,26,30H,8-9H2,1-3H3,(H2,24,28)(H,27,29)/t17-,21+/m0/s1. The second-order valence-corrected chi connectivity index (χ2v) is 12.0. The number of benzene rings is 1. The highest BCUT2D eigenvalue weighted by Gasteiger charge is 2.60. The van der Waals surface area contributed by atoms with Crippen molar-refractivity contribution in [2.24, 2.45) is 10.7 Å². The monoisotopic (exact) mass is 465 g/mol. The Bertz CT molecular complexity index is 1080. The van der Waals surface area contributed by atoms with Crippen LogP contribution in [0.5, 0.6) is 0 Å². The molecule has 4 rings (SSSR count). The zero-order chi connectivity index (χ0) is 22.6. The van der Waals surface area contributed by atoms with Gasteiger partial charge in [0.25, 0.3) is 5.91 Å². The van der Waals surface area contributed by atoms with Crippen molar-refractivity contribution in [3.63, 3.8) is 0 Å². The van der Waals surface area contributed by atoms with Crippen LogP contribution in [0.15, 0.2) is 41.5 Å². The van der Waals surface area contributed by atoms with E-state index in [1.54, 1.807) is 19.1 Å². The van der Waals surface area contributed by atoms with Gasteiger partial charge in [0.1, 0.15) is 22.9 Å². The van der Waals surface area contributed by atoms with Gasteiger partial charge in [-0.05, 0) is 57.5 Å². The molecule has 5 N–H and O–H groups in total. The van der Waals surface area contributed by atoms with E-state index in [-0.39, 0.29) is 22.3 Å². The smallest absolute Gasteiger partial charge is 0.274 e. The molecule has 0 spiro atoms. The number of pyridine rings is 1. The third kappa shape index (κ3) is 3.40. The molecule has 0 aliphatic carbocycles. The molecule has 3 heterocycles. The number of fused-ring (bicyclic) bond motifs is 1. The predicted octanol–water partition coefficient (Wildman–Crippen LogP) is 4.05. The van der Waals surface area contributed by atoms with Crippen LogP contribution in [0.3, 0.4) is 0 Å². The van der Waals surface area contributed by atoms with Gasteiger partial charge in [0, 0.05) is 24.0 Å². The summed E-state index contributed by atoms with van der Waals surface area (Å²) in [6.45, 7) is 6.10. The fraction of sp³-hybridized carbons (Fsp3) is 0.381. The number of nitrogens with one attached hydrogen (secondary N) is 2. The van der Waals surface area contributed by atoms with Crippen molar-refractivity contribution in [3.05, 3.63) is 58.6 Å². The normalized spacial score (nSPS) is 31.3. The lowest BCUT2D eigenvalue weighted by atomic mass is 9.85. The molecule has 2 aliphatic heterocycles. The van der Waals surface area contributed by atoms with Crippen LogP contribution in [0.2, 0.25) is 5.02 Å². The first-order valence-corrected chi connectivity index (χ1v) is 11.9. The van der Waals surface area contributed by atoms with E-state index in [4.69, 9.17) is 22.3 Å². The maximum Gasteiger partial charge on any atom is 0.274 e. The summed E-state index contributed by atoms with van der Waals surface area (Å²) in [5, 5.41) is 2.82. The minimum Gasteiger partial charge on any atom is -0.386 e. The van der Waals surface area contributed by atoms with Gasteiger partial charge < -0.3 is 15.6 Å². The fourth-order valence-corrected chi connectivity index (χ4v) is 7.79. The van der Waals surface area contributed by atoms with E-state index in [1.165, 1.54) is 24.4 Å². The minimum atomic E-state index is -2.41. The lowest BCUT2D eigenvalue weighted by Crippen LogP contribution is -2.57. The number of amidine groups is 1. The Morgan fingerprint density at radius 3 is 2.77 bits per heavy atom. The maximum atomic E-state index is 15.1. The first-order chi connectivity index (χ1) is 14.5. The molecule has 0 bridgehead atoms. The third-order valence-corrected chi connectivity index (χ3v) is 10.4. The number of aromatic nitrogens is 1. The second kappa shape index (κ2) is 7.44. The van der Waals surface area contributed by atoms with Crippen molar-refractivity contribution in [2.75, 3.05) is 11.9 Å². The molecular weight excluding hydrogens is 441 g/mol. The molecule has 10 heteroatoms. The lowest BCUT2D eigenvalue weighted by Gasteiger charge is -2.56. The number of hydrogen-bond acceptors (Lipinski definition) is 6. The van der Waals surface area contributed by atoms with E-state index in [2.05, 4.69) is 15.0 Å². The molecule has 1 saturated heterocycles. The van der Waals surface area contributed by atoms with Crippen molar-refractivity contribution in [1.82, 2.24) is 9.71 Å². The van der Waals surface area contributed by atoms with E-state index >= 15 is 4.39 Å². The number of carbonyl (C=O) groups excluding carboxylic acids is 1. The van der Waals surface area contributed by atoms with Crippen molar-refractivity contribution in [1.29, 1.82) is 0 Å². The summed E-state index contributed by atoms with van der Waals surface area (Å²) in [7, 11) is -2.41. The summed E-state index contributed by atoms with van der Waals surface area (Å²) in [5.74, 6) is -0.649. The van der Waals surface area contributed by atoms with Crippen molar-refractivity contribution >= 4 is 39.5 Å². The largest absolute Gasteiger partial charge is 0.386 e. The van der Waals surface area contributed by atoms with Gasteiger partial charge in [0.05, 0.1) is 15.0 Å². The van der Waals surface area contributed by atoms with Crippen molar-refractivity contribution in [2.45, 2.75) is 42.7 Å². The van der Waals surface area contributed by atoms with Gasteiger partial charge in [0.2, 0.25) is 0 Å². The Kier molecular flexibility index (Phi) is 5.28. The molecule has 1 unspecified atom stereocenters. The Morgan fingerprint density at radius 2 is 2.10 bits per heavy atom. The Labute approximate surface area is 187 Å². The number of amides is 1. The quantitative estimate of drug-likeness (QED) is 0.546. The maximum absolute atomic E-state index is 15.1. The summed E-state index contributed by atoms with van der Waals surface area (Å²) in [5.41, 5.74) is 6.04. The molecule has 1 amide bonds. The van der Waals surface area contributed by atoms with Gasteiger partial charge in [-0.3, -0.25) is 14.5 Å². The highest BCUT2D eigenvalue weighted by atomic mass is 35.5. The van der Waals surface area contributed by atoms with Crippen molar-refractivity contribution in [3.8, 4) is 0 Å². The van der Waals surface area contributed by atoms with E-state index in [0.717, 1.165) is 0 Å². The molecule has 1 fully saturated rings. The van der Waals surface area contributed by atoms with Gasteiger partial charge in [-0.15, -0.1) is 0 Å². The van der Waals surface area contributed by atoms with E-state index in [9.17, 15) is 9.35 Å². The first-order valence-electron chi connectivity index (χ1n) is 9.86.